The minimum atomic E-state index is -0.276. The molecular weight excluding hydrogens is 552 g/mol. The van der Waals surface area contributed by atoms with Crippen molar-refractivity contribution in [3.8, 4) is 0 Å². The number of rotatable bonds is 17. The minimum absolute atomic E-state index is 0.00711. The molecule has 4 aliphatic carbocycles. The summed E-state index contributed by atoms with van der Waals surface area (Å²) in [4.78, 5) is 24.0. The molecule has 0 aromatic rings. The normalized spacial score (nSPS) is 35.8. The second kappa shape index (κ2) is 16.3. The average molecular weight is 611 g/mol. The van der Waals surface area contributed by atoms with Gasteiger partial charge in [0.1, 0.15) is 12.7 Å². The molecule has 0 spiro atoms. The van der Waals surface area contributed by atoms with Crippen molar-refractivity contribution in [1.82, 2.24) is 0 Å². The fraction of sp³-hybridized carbons (Fsp3) is 0.941. The highest BCUT2D eigenvalue weighted by atomic mass is 16.6. The lowest BCUT2D eigenvalue weighted by Gasteiger charge is -2.61. The predicted molar refractivity (Wildman–Crippen MR) is 161 cm³/mol. The van der Waals surface area contributed by atoms with Gasteiger partial charge in [-0.2, -0.15) is 0 Å². The van der Waals surface area contributed by atoms with E-state index in [0.29, 0.717) is 81.4 Å². The van der Waals surface area contributed by atoms with Gasteiger partial charge < -0.3 is 33.5 Å². The summed E-state index contributed by atoms with van der Waals surface area (Å²) >= 11 is 0. The number of ether oxygens (including phenoxy) is 6. The van der Waals surface area contributed by atoms with Crippen LogP contribution in [0, 0.1) is 46.3 Å². The third kappa shape index (κ3) is 8.72. The monoisotopic (exact) mass is 610 g/mol. The molecule has 4 saturated carbocycles. The molecule has 43 heavy (non-hydrogen) atoms. The largest absolute Gasteiger partial charge is 0.466 e. The number of carbonyl (C=O) groups excluding carboxylic acids is 2. The lowest BCUT2D eigenvalue weighted by atomic mass is 9.44. The Hall–Kier alpha value is -1.26. The Labute approximate surface area is 259 Å². The van der Waals surface area contributed by atoms with Gasteiger partial charge in [0, 0.05) is 6.92 Å². The number of fused-ring (bicyclic) bond motifs is 5. The summed E-state index contributed by atoms with van der Waals surface area (Å²) < 4.78 is 32.8. The maximum absolute atomic E-state index is 12.5. The summed E-state index contributed by atoms with van der Waals surface area (Å²) in [7, 11) is 0. The zero-order chi connectivity index (χ0) is 30.9. The molecule has 0 saturated heterocycles. The lowest BCUT2D eigenvalue weighted by Crippen LogP contribution is -2.54. The number of aliphatic hydroxyl groups is 1. The maximum Gasteiger partial charge on any atom is 0.332 e. The first kappa shape index (κ1) is 34.6. The second-order valence-corrected chi connectivity index (χ2v) is 14.2. The van der Waals surface area contributed by atoms with Gasteiger partial charge in [0.05, 0.1) is 59.5 Å². The van der Waals surface area contributed by atoms with Crippen molar-refractivity contribution >= 4 is 11.9 Å². The van der Waals surface area contributed by atoms with Gasteiger partial charge in [-0.1, -0.05) is 20.8 Å². The Morgan fingerprint density at radius 3 is 2.09 bits per heavy atom. The van der Waals surface area contributed by atoms with Crippen molar-refractivity contribution < 1.29 is 43.1 Å². The Morgan fingerprint density at radius 1 is 0.791 bits per heavy atom. The fourth-order valence-electron chi connectivity index (χ4n) is 9.77. The van der Waals surface area contributed by atoms with Crippen LogP contribution in [0.25, 0.3) is 0 Å². The average Bonchev–Trinajstić information content (AvgIpc) is 3.34. The third-order valence-corrected chi connectivity index (χ3v) is 11.8. The molecule has 4 rings (SSSR count). The van der Waals surface area contributed by atoms with E-state index in [2.05, 4.69) is 20.8 Å². The van der Waals surface area contributed by atoms with Crippen molar-refractivity contribution in [2.24, 2.45) is 46.3 Å². The van der Waals surface area contributed by atoms with E-state index in [-0.39, 0.29) is 31.3 Å². The number of aliphatic hydroxyl groups excluding tert-OH is 1. The highest BCUT2D eigenvalue weighted by molar-refractivity contribution is 5.70. The Bertz CT molecular complexity index is 882. The minimum Gasteiger partial charge on any atom is -0.466 e. The summed E-state index contributed by atoms with van der Waals surface area (Å²) in [6, 6.07) is 0. The molecule has 0 aromatic heterocycles. The van der Waals surface area contributed by atoms with E-state index in [1.807, 2.05) is 0 Å². The SMILES string of the molecule is CC(=O)OC[C@@H](C)[C@H]1CC[C@H]2[C@@H]3CC[C@H]4C[C@@H](OC(=O)COCCOCCOCCOCCO)CC[C@]4(C)[C@H]3CC[C@]12C. The molecule has 4 aliphatic rings. The van der Waals surface area contributed by atoms with Crippen LogP contribution in [0.3, 0.4) is 0 Å². The van der Waals surface area contributed by atoms with Crippen LogP contribution in [0.15, 0.2) is 0 Å². The molecule has 0 amide bonds. The Balaban J connectivity index is 1.15. The van der Waals surface area contributed by atoms with Crippen LogP contribution in [-0.2, 0) is 38.0 Å². The lowest BCUT2D eigenvalue weighted by molar-refractivity contribution is -0.167. The van der Waals surface area contributed by atoms with E-state index in [4.69, 9.17) is 33.5 Å². The van der Waals surface area contributed by atoms with Gasteiger partial charge in [0.25, 0.3) is 0 Å². The van der Waals surface area contributed by atoms with E-state index < -0.39 is 0 Å². The molecule has 0 heterocycles. The maximum atomic E-state index is 12.5. The van der Waals surface area contributed by atoms with E-state index in [9.17, 15) is 9.59 Å². The van der Waals surface area contributed by atoms with E-state index in [0.717, 1.165) is 37.0 Å². The predicted octanol–water partition coefficient (Wildman–Crippen LogP) is 4.82. The molecule has 1 N–H and O–H groups in total. The van der Waals surface area contributed by atoms with E-state index in [1.165, 1.54) is 45.4 Å². The van der Waals surface area contributed by atoms with Crippen LogP contribution >= 0.6 is 0 Å². The van der Waals surface area contributed by atoms with Gasteiger partial charge >= 0.3 is 11.9 Å². The van der Waals surface area contributed by atoms with Crippen molar-refractivity contribution in [3.05, 3.63) is 0 Å². The van der Waals surface area contributed by atoms with Gasteiger partial charge in [-0.3, -0.25) is 4.79 Å². The Kier molecular flexibility index (Phi) is 13.2. The molecule has 0 aliphatic heterocycles. The first-order chi connectivity index (χ1) is 20.7. The molecule has 9 heteroatoms. The molecule has 0 bridgehead atoms. The molecule has 9 atom stereocenters. The summed E-state index contributed by atoms with van der Waals surface area (Å²) in [6.07, 6.45) is 10.7. The van der Waals surface area contributed by atoms with Crippen molar-refractivity contribution in [2.75, 3.05) is 66.1 Å². The molecular formula is C34H58O9. The number of hydrogen-bond donors (Lipinski definition) is 1. The van der Waals surface area contributed by atoms with Gasteiger partial charge in [0.15, 0.2) is 0 Å². The van der Waals surface area contributed by atoms with Crippen LogP contribution in [0.5, 0.6) is 0 Å². The first-order valence-electron chi connectivity index (χ1n) is 16.9. The molecule has 9 nitrogen and oxygen atoms in total. The van der Waals surface area contributed by atoms with Crippen molar-refractivity contribution in [3.63, 3.8) is 0 Å². The summed E-state index contributed by atoms with van der Waals surface area (Å²) in [5.74, 6) is 3.54. The zero-order valence-corrected chi connectivity index (χ0v) is 27.2. The van der Waals surface area contributed by atoms with Crippen LogP contribution in [-0.4, -0.2) is 89.2 Å². The molecule has 248 valence electrons. The van der Waals surface area contributed by atoms with Crippen LogP contribution in [0.2, 0.25) is 0 Å². The summed E-state index contributed by atoms with van der Waals surface area (Å²) in [5, 5.41) is 8.65. The quantitative estimate of drug-likeness (QED) is 0.183. The fourth-order valence-corrected chi connectivity index (χ4v) is 9.77. The van der Waals surface area contributed by atoms with Crippen molar-refractivity contribution in [1.29, 1.82) is 0 Å². The topological polar surface area (TPSA) is 110 Å². The molecule has 4 fully saturated rings. The highest BCUT2D eigenvalue weighted by Gasteiger charge is 2.60. The van der Waals surface area contributed by atoms with Crippen LogP contribution in [0.4, 0.5) is 0 Å². The third-order valence-electron chi connectivity index (χ3n) is 11.8. The highest BCUT2D eigenvalue weighted by Crippen LogP contribution is 2.68. The second-order valence-electron chi connectivity index (χ2n) is 14.2. The first-order valence-corrected chi connectivity index (χ1v) is 16.9. The van der Waals surface area contributed by atoms with Crippen LogP contribution in [0.1, 0.15) is 85.5 Å². The van der Waals surface area contributed by atoms with Crippen LogP contribution < -0.4 is 0 Å². The number of carbonyl (C=O) groups is 2. The van der Waals surface area contributed by atoms with E-state index >= 15 is 0 Å². The van der Waals surface area contributed by atoms with Gasteiger partial charge in [0.2, 0.25) is 0 Å². The van der Waals surface area contributed by atoms with Crippen molar-refractivity contribution in [2.45, 2.75) is 91.6 Å². The molecule has 0 unspecified atom stereocenters. The van der Waals surface area contributed by atoms with Gasteiger partial charge in [-0.05, 0) is 104 Å². The molecule has 0 aromatic carbocycles. The number of hydrogen-bond acceptors (Lipinski definition) is 9. The van der Waals surface area contributed by atoms with E-state index in [1.54, 1.807) is 0 Å². The summed E-state index contributed by atoms with van der Waals surface area (Å²) in [5.41, 5.74) is 0.685. The zero-order valence-electron chi connectivity index (χ0n) is 27.2. The number of esters is 2. The smallest absolute Gasteiger partial charge is 0.332 e. The molecule has 0 radical (unpaired) electrons. The summed E-state index contributed by atoms with van der Waals surface area (Å²) in [6.45, 7) is 12.3. The standard InChI is InChI=1S/C34H58O9/c1-24(22-42-25(2)36)29-7-8-30-28-6-5-26-21-27(9-11-33(26,3)31(28)10-12-34(29,30)4)43-32(37)23-41-20-19-40-18-17-39-16-15-38-14-13-35/h24,26-31,35H,5-23H2,1-4H3/t24-,26+,27+,28+,29-,30+,31+,33+,34-/m1/s1. The van der Waals surface area contributed by atoms with Gasteiger partial charge in [-0.15, -0.1) is 0 Å². The van der Waals surface area contributed by atoms with Gasteiger partial charge in [-0.25, -0.2) is 4.79 Å². The Morgan fingerprint density at radius 2 is 1.42 bits per heavy atom.